The number of nitrogens with zero attached hydrogens (tertiary/aromatic N) is 2. The molecule has 178 valence electrons. The molecule has 0 bridgehead atoms. The number of hydrogen-bond donors (Lipinski definition) is 0. The number of carbonyl (C=O) groups excluding carboxylic acids is 1. The number of hydrogen-bond acceptors (Lipinski definition) is 4. The molecule has 0 fully saturated rings. The summed E-state index contributed by atoms with van der Waals surface area (Å²) in [5.41, 5.74) is -2.91. The lowest BCUT2D eigenvalue weighted by atomic mass is 9.88. The zero-order chi connectivity index (χ0) is 24.6. The van der Waals surface area contributed by atoms with Gasteiger partial charge in [-0.25, -0.2) is 5.06 Å². The lowest BCUT2D eigenvalue weighted by Gasteiger charge is -2.39. The van der Waals surface area contributed by atoms with Crippen molar-refractivity contribution in [3.8, 4) is 5.75 Å². The zero-order valence-corrected chi connectivity index (χ0v) is 18.0. The molecule has 0 radical (unpaired) electrons. The van der Waals surface area contributed by atoms with Crippen LogP contribution < -0.4 is 10.3 Å². The Bertz CT molecular complexity index is 1140. The Kier molecular flexibility index (Phi) is 6.38. The minimum absolute atomic E-state index is 0.00490. The highest BCUT2D eigenvalue weighted by Gasteiger charge is 2.59. The molecule has 2 heterocycles. The van der Waals surface area contributed by atoms with Crippen molar-refractivity contribution in [2.75, 3.05) is 13.2 Å². The molecule has 6 nitrogen and oxygen atoms in total. The monoisotopic (exact) mass is 472 g/mol. The van der Waals surface area contributed by atoms with Gasteiger partial charge in [0.2, 0.25) is 6.41 Å². The standard InChI is InChI=1S/C22H21F5N2O4/c1-4-32-28(13-30)12-16-19(29-10-6-5-7-18(29)31)15-11-14(21(23,24)22(25,26)27)8-9-17(15)33-20(16,2)3/h5-11,13H,4,12H2,1-3H3. The van der Waals surface area contributed by atoms with Crippen molar-refractivity contribution in [1.82, 2.24) is 9.63 Å². The minimum atomic E-state index is -5.82. The average molecular weight is 472 g/mol. The molecule has 11 heteroatoms. The number of fused-ring (bicyclic) bond motifs is 1. The van der Waals surface area contributed by atoms with Crippen molar-refractivity contribution in [3.05, 3.63) is 69.6 Å². The maximum absolute atomic E-state index is 14.1. The van der Waals surface area contributed by atoms with Crippen molar-refractivity contribution < 1.29 is 36.3 Å². The molecule has 1 aromatic carbocycles. The molecular formula is C22H21F5N2O4. The quantitative estimate of drug-likeness (QED) is 0.342. The summed E-state index contributed by atoms with van der Waals surface area (Å²) in [6.45, 7) is 4.77. The summed E-state index contributed by atoms with van der Waals surface area (Å²) in [5.74, 6) is -5.13. The number of carbonyl (C=O) groups is 1. The summed E-state index contributed by atoms with van der Waals surface area (Å²) in [6, 6.07) is 6.46. The fourth-order valence-electron chi connectivity index (χ4n) is 3.53. The van der Waals surface area contributed by atoms with Gasteiger partial charge in [0.25, 0.3) is 5.56 Å². The number of ether oxygens (including phenoxy) is 1. The van der Waals surface area contributed by atoms with Crippen LogP contribution in [0.5, 0.6) is 5.75 Å². The number of pyridine rings is 1. The Hall–Kier alpha value is -3.21. The molecule has 0 saturated carbocycles. The molecule has 1 aliphatic rings. The minimum Gasteiger partial charge on any atom is -0.483 e. The first-order valence-corrected chi connectivity index (χ1v) is 9.88. The van der Waals surface area contributed by atoms with E-state index in [-0.39, 0.29) is 35.7 Å². The third-order valence-corrected chi connectivity index (χ3v) is 5.12. The molecule has 1 aliphatic heterocycles. The van der Waals surface area contributed by atoms with E-state index in [1.54, 1.807) is 20.8 Å². The van der Waals surface area contributed by atoms with Gasteiger partial charge in [-0.15, -0.1) is 0 Å². The fourth-order valence-corrected chi connectivity index (χ4v) is 3.53. The molecular weight excluding hydrogens is 451 g/mol. The zero-order valence-electron chi connectivity index (χ0n) is 18.0. The lowest BCUT2D eigenvalue weighted by Crippen LogP contribution is -2.42. The molecule has 3 rings (SSSR count). The molecule has 2 aromatic rings. The second-order valence-corrected chi connectivity index (χ2v) is 7.73. The van der Waals surface area contributed by atoms with Crippen LogP contribution in [-0.2, 0) is 15.6 Å². The highest BCUT2D eigenvalue weighted by atomic mass is 19.4. The smallest absolute Gasteiger partial charge is 0.458 e. The van der Waals surface area contributed by atoms with Crippen molar-refractivity contribution >= 4 is 12.1 Å². The van der Waals surface area contributed by atoms with E-state index >= 15 is 0 Å². The van der Waals surface area contributed by atoms with Gasteiger partial charge in [-0.2, -0.15) is 22.0 Å². The molecule has 0 atom stereocenters. The predicted octanol–water partition coefficient (Wildman–Crippen LogP) is 4.34. The largest absolute Gasteiger partial charge is 0.483 e. The van der Waals surface area contributed by atoms with E-state index in [1.807, 2.05) is 0 Å². The van der Waals surface area contributed by atoms with Gasteiger partial charge in [-0.3, -0.25) is 19.0 Å². The Balaban J connectivity index is 2.35. The van der Waals surface area contributed by atoms with Crippen LogP contribution in [0.2, 0.25) is 0 Å². The molecule has 33 heavy (non-hydrogen) atoms. The Morgan fingerprint density at radius 3 is 2.42 bits per heavy atom. The van der Waals surface area contributed by atoms with E-state index in [0.717, 1.165) is 15.7 Å². The van der Waals surface area contributed by atoms with Crippen LogP contribution in [0.3, 0.4) is 0 Å². The van der Waals surface area contributed by atoms with Crippen LogP contribution in [0, 0.1) is 0 Å². The molecule has 0 saturated heterocycles. The van der Waals surface area contributed by atoms with Gasteiger partial charge in [0.05, 0.1) is 18.8 Å². The molecule has 0 aliphatic carbocycles. The maximum Gasteiger partial charge on any atom is 0.458 e. The number of amides is 1. The van der Waals surface area contributed by atoms with Gasteiger partial charge < -0.3 is 4.74 Å². The predicted molar refractivity (Wildman–Crippen MR) is 109 cm³/mol. The summed E-state index contributed by atoms with van der Waals surface area (Å²) in [7, 11) is 0. The molecule has 0 spiro atoms. The van der Waals surface area contributed by atoms with Gasteiger partial charge in [-0.05, 0) is 45.0 Å². The van der Waals surface area contributed by atoms with Crippen molar-refractivity contribution in [2.24, 2.45) is 0 Å². The number of halogens is 5. The van der Waals surface area contributed by atoms with E-state index in [0.29, 0.717) is 18.5 Å². The molecule has 0 unspecified atom stereocenters. The highest BCUT2D eigenvalue weighted by Crippen LogP contribution is 2.48. The molecule has 0 N–H and O–H groups in total. The van der Waals surface area contributed by atoms with Gasteiger partial charge >= 0.3 is 12.1 Å². The average Bonchev–Trinajstić information content (AvgIpc) is 2.73. The summed E-state index contributed by atoms with van der Waals surface area (Å²) < 4.78 is 74.4. The third kappa shape index (κ3) is 4.50. The number of hydroxylamine groups is 2. The van der Waals surface area contributed by atoms with Crippen LogP contribution >= 0.6 is 0 Å². The van der Waals surface area contributed by atoms with E-state index in [2.05, 4.69) is 0 Å². The van der Waals surface area contributed by atoms with Crippen LogP contribution in [-0.4, -0.2) is 41.0 Å². The van der Waals surface area contributed by atoms with Gasteiger partial charge in [0.15, 0.2) is 0 Å². The van der Waals surface area contributed by atoms with Crippen molar-refractivity contribution in [3.63, 3.8) is 0 Å². The van der Waals surface area contributed by atoms with Crippen molar-refractivity contribution in [2.45, 2.75) is 38.5 Å². The Labute approximate surface area is 185 Å². The fraction of sp³-hybridized carbons (Fsp3) is 0.364. The van der Waals surface area contributed by atoms with Crippen LogP contribution in [0.25, 0.3) is 5.70 Å². The summed E-state index contributed by atoms with van der Waals surface area (Å²) in [4.78, 5) is 29.4. The number of alkyl halides is 5. The number of aromatic nitrogens is 1. The molecule has 1 aromatic heterocycles. The normalized spacial score (nSPS) is 15.6. The number of benzene rings is 1. The van der Waals surface area contributed by atoms with Crippen LogP contribution in [0.15, 0.2) is 53.0 Å². The topological polar surface area (TPSA) is 60.8 Å². The Morgan fingerprint density at radius 1 is 1.15 bits per heavy atom. The van der Waals surface area contributed by atoms with Crippen LogP contribution in [0.4, 0.5) is 22.0 Å². The first kappa shape index (κ1) is 24.4. The summed E-state index contributed by atoms with van der Waals surface area (Å²) in [5, 5.41) is 0.924. The summed E-state index contributed by atoms with van der Waals surface area (Å²) >= 11 is 0. The number of rotatable bonds is 7. The SMILES string of the molecule is CCON(C=O)CC1=C(n2ccccc2=O)c2cc(C(F)(F)C(F)(F)F)ccc2OC1(C)C. The molecule has 1 amide bonds. The highest BCUT2D eigenvalue weighted by molar-refractivity contribution is 5.78. The van der Waals surface area contributed by atoms with Gasteiger partial charge in [0.1, 0.15) is 11.4 Å². The Morgan fingerprint density at radius 2 is 1.85 bits per heavy atom. The maximum atomic E-state index is 14.1. The van der Waals surface area contributed by atoms with E-state index < -0.39 is 28.8 Å². The second kappa shape index (κ2) is 8.62. The second-order valence-electron chi connectivity index (χ2n) is 7.73. The first-order chi connectivity index (χ1) is 15.3. The van der Waals surface area contributed by atoms with E-state index in [4.69, 9.17) is 9.57 Å². The van der Waals surface area contributed by atoms with E-state index in [9.17, 15) is 31.5 Å². The lowest BCUT2D eigenvalue weighted by molar-refractivity contribution is -0.289. The summed E-state index contributed by atoms with van der Waals surface area (Å²) in [6.07, 6.45) is -4.08. The van der Waals surface area contributed by atoms with Gasteiger partial charge in [0, 0.05) is 29.0 Å². The van der Waals surface area contributed by atoms with Gasteiger partial charge in [-0.1, -0.05) is 6.07 Å². The third-order valence-electron chi connectivity index (χ3n) is 5.12. The van der Waals surface area contributed by atoms with Crippen molar-refractivity contribution in [1.29, 1.82) is 0 Å². The van der Waals surface area contributed by atoms with Crippen LogP contribution in [0.1, 0.15) is 31.9 Å². The van der Waals surface area contributed by atoms with E-state index in [1.165, 1.54) is 24.4 Å². The first-order valence-electron chi connectivity index (χ1n) is 9.88.